The number of hydrogen-bond acceptors (Lipinski definition) is 6. The molecule has 1 aromatic carbocycles. The van der Waals surface area contributed by atoms with Crippen LogP contribution in [0.2, 0.25) is 0 Å². The maximum atomic E-state index is 13.8. The van der Waals surface area contributed by atoms with Crippen LogP contribution in [0.3, 0.4) is 0 Å². The summed E-state index contributed by atoms with van der Waals surface area (Å²) in [6, 6.07) is 12.0. The Morgan fingerprint density at radius 1 is 1.14 bits per heavy atom. The number of H-pyrrole nitrogens is 1. The fraction of sp³-hybridized carbons (Fsp3) is 0.577. The zero-order chi connectivity index (χ0) is 25.6. The van der Waals surface area contributed by atoms with E-state index < -0.39 is 20.7 Å². The monoisotopic (exact) mass is 554 g/mol. The molecule has 0 radical (unpaired) electrons. The molecule has 0 aliphatic carbocycles. The van der Waals surface area contributed by atoms with E-state index in [4.69, 9.17) is 4.74 Å². The average Bonchev–Trinajstić information content (AvgIpc) is 3.42. The zero-order valence-corrected chi connectivity index (χ0v) is 23.0. The van der Waals surface area contributed by atoms with Crippen LogP contribution in [-0.4, -0.2) is 71.3 Å². The van der Waals surface area contributed by atoms with Gasteiger partial charge in [-0.05, 0) is 67.9 Å². The first-order valence-corrected chi connectivity index (χ1v) is 14.4. The normalized spacial score (nSPS) is 19.2. The van der Waals surface area contributed by atoms with Crippen molar-refractivity contribution >= 4 is 28.3 Å². The number of aromatic nitrogens is 1. The topological polar surface area (TPSA) is 115 Å². The minimum atomic E-state index is -3.96. The Morgan fingerprint density at radius 2 is 1.81 bits per heavy atom. The molecule has 2 aromatic rings. The van der Waals surface area contributed by atoms with Crippen molar-refractivity contribution in [3.8, 4) is 5.75 Å². The second kappa shape index (κ2) is 13.1. The lowest BCUT2D eigenvalue weighted by atomic mass is 9.90. The third-order valence-electron chi connectivity index (χ3n) is 7.64. The van der Waals surface area contributed by atoms with E-state index in [1.807, 2.05) is 30.5 Å². The molecule has 0 atom stereocenters. The number of rotatable bonds is 10. The molecule has 2 fully saturated rings. The van der Waals surface area contributed by atoms with Gasteiger partial charge in [-0.2, -0.15) is 0 Å². The Labute approximate surface area is 226 Å². The fourth-order valence-electron chi connectivity index (χ4n) is 5.33. The predicted molar refractivity (Wildman–Crippen MR) is 145 cm³/mol. The number of aromatic amines is 1. The van der Waals surface area contributed by atoms with Crippen molar-refractivity contribution in [3.05, 3.63) is 53.9 Å². The van der Waals surface area contributed by atoms with Crippen molar-refractivity contribution in [2.24, 2.45) is 0 Å². The van der Waals surface area contributed by atoms with Gasteiger partial charge in [-0.15, -0.1) is 12.4 Å². The number of nitrogens with one attached hydrogen (secondary N) is 2. The van der Waals surface area contributed by atoms with E-state index >= 15 is 0 Å². The molecule has 3 N–H and O–H groups in total. The van der Waals surface area contributed by atoms with Crippen molar-refractivity contribution in [2.75, 3.05) is 32.8 Å². The van der Waals surface area contributed by atoms with Gasteiger partial charge in [-0.25, -0.2) is 18.2 Å². The Balaban J connectivity index is 0.00000380. The molecule has 0 spiro atoms. The van der Waals surface area contributed by atoms with Gasteiger partial charge in [0.25, 0.3) is 5.91 Å². The van der Waals surface area contributed by atoms with Crippen LogP contribution in [-0.2, 0) is 21.4 Å². The fourth-order valence-corrected chi connectivity index (χ4v) is 7.49. The summed E-state index contributed by atoms with van der Waals surface area (Å²) in [5.74, 6) is 0.279. The molecule has 2 aliphatic heterocycles. The molecule has 3 heterocycles. The number of hydroxylamine groups is 1. The number of likely N-dealkylation sites (tertiary alicyclic amines) is 1. The minimum Gasteiger partial charge on any atom is -0.494 e. The molecule has 11 heteroatoms. The van der Waals surface area contributed by atoms with Crippen LogP contribution >= 0.6 is 12.4 Å². The standard InChI is InChI=1S/C26H38N4O5S.ClH/c1-2-3-19-35-24-8-6-21(7-9-24)22-10-15-30(16-11-22)36(33,34)26(25(31)28-32)12-17-29(18-13-26)20-23-5-4-14-27-23;/h4-9,14,22,27,32H,2-3,10-13,15-20H2,1H3,(H,28,31);1H. The van der Waals surface area contributed by atoms with Crippen molar-refractivity contribution < 1.29 is 23.2 Å². The van der Waals surface area contributed by atoms with Gasteiger partial charge in [-0.1, -0.05) is 25.5 Å². The summed E-state index contributed by atoms with van der Waals surface area (Å²) < 4.78 is 33.2. The number of halogens is 1. The second-order valence-corrected chi connectivity index (χ2v) is 12.1. The van der Waals surface area contributed by atoms with Gasteiger partial charge in [0, 0.05) is 44.6 Å². The predicted octanol–water partition coefficient (Wildman–Crippen LogP) is 3.66. The summed E-state index contributed by atoms with van der Waals surface area (Å²) in [5, 5.41) is 9.46. The largest absolute Gasteiger partial charge is 0.494 e. The minimum absolute atomic E-state index is 0. The number of hydrogen-bond donors (Lipinski definition) is 3. The van der Waals surface area contributed by atoms with Crippen LogP contribution in [0.4, 0.5) is 0 Å². The molecule has 1 aromatic heterocycles. The number of carbonyl (C=O) groups excluding carboxylic acids is 1. The summed E-state index contributed by atoms with van der Waals surface area (Å²) in [7, 11) is -3.96. The molecule has 206 valence electrons. The summed E-state index contributed by atoms with van der Waals surface area (Å²) in [4.78, 5) is 18.1. The van der Waals surface area contributed by atoms with Gasteiger partial charge >= 0.3 is 0 Å². The number of sulfonamides is 1. The van der Waals surface area contributed by atoms with Crippen LogP contribution in [0.5, 0.6) is 5.75 Å². The van der Waals surface area contributed by atoms with Gasteiger partial charge in [0.15, 0.2) is 4.75 Å². The van der Waals surface area contributed by atoms with Crippen molar-refractivity contribution in [1.29, 1.82) is 0 Å². The number of piperidine rings is 2. The highest BCUT2D eigenvalue weighted by Crippen LogP contribution is 2.37. The molecule has 1 amide bonds. The number of ether oxygens (including phenoxy) is 1. The van der Waals surface area contributed by atoms with E-state index in [1.54, 1.807) is 5.48 Å². The highest BCUT2D eigenvalue weighted by Gasteiger charge is 2.55. The summed E-state index contributed by atoms with van der Waals surface area (Å²) in [6.07, 6.45) is 5.62. The van der Waals surface area contributed by atoms with E-state index in [0.29, 0.717) is 52.2 Å². The van der Waals surface area contributed by atoms with Crippen molar-refractivity contribution in [3.63, 3.8) is 0 Å². The van der Waals surface area contributed by atoms with Gasteiger partial charge in [0.05, 0.1) is 6.61 Å². The van der Waals surface area contributed by atoms with Crippen LogP contribution in [0.25, 0.3) is 0 Å². The zero-order valence-electron chi connectivity index (χ0n) is 21.4. The smallest absolute Gasteiger partial charge is 0.266 e. The Bertz CT molecular complexity index is 1080. The van der Waals surface area contributed by atoms with Crippen LogP contribution in [0.1, 0.15) is 62.6 Å². The molecular formula is C26H39ClN4O5S. The highest BCUT2D eigenvalue weighted by atomic mass is 35.5. The molecule has 37 heavy (non-hydrogen) atoms. The van der Waals surface area contributed by atoms with Crippen LogP contribution < -0.4 is 10.2 Å². The number of amides is 1. The molecule has 0 unspecified atom stereocenters. The SMILES string of the molecule is CCCCOc1ccc(C2CCN(S(=O)(=O)C3(C(=O)NO)CCN(Cc4ccc[nH]4)CC3)CC2)cc1.Cl. The maximum Gasteiger partial charge on any atom is 0.266 e. The van der Waals surface area contributed by atoms with Crippen LogP contribution in [0, 0.1) is 0 Å². The number of nitrogens with zero attached hydrogens (tertiary/aromatic N) is 2. The number of carbonyl (C=O) groups is 1. The molecule has 4 rings (SSSR count). The quantitative estimate of drug-likeness (QED) is 0.234. The Hall–Kier alpha value is -2.11. The number of benzene rings is 1. The number of unbranched alkanes of at least 4 members (excludes halogenated alkanes) is 1. The van der Waals surface area contributed by atoms with E-state index in [2.05, 4.69) is 28.9 Å². The van der Waals surface area contributed by atoms with Gasteiger partial charge in [0.2, 0.25) is 10.0 Å². The van der Waals surface area contributed by atoms with E-state index in [0.717, 1.165) is 24.3 Å². The highest BCUT2D eigenvalue weighted by molar-refractivity contribution is 7.91. The third kappa shape index (κ3) is 6.49. The van der Waals surface area contributed by atoms with Gasteiger partial charge in [0.1, 0.15) is 5.75 Å². The summed E-state index contributed by atoms with van der Waals surface area (Å²) >= 11 is 0. The van der Waals surface area contributed by atoms with Crippen molar-refractivity contribution in [2.45, 2.75) is 62.7 Å². The summed E-state index contributed by atoms with van der Waals surface area (Å²) in [5.41, 5.74) is 3.88. The first kappa shape index (κ1) is 29.4. The first-order valence-electron chi connectivity index (χ1n) is 12.9. The van der Waals surface area contributed by atoms with Gasteiger partial charge in [-0.3, -0.25) is 14.9 Å². The third-order valence-corrected chi connectivity index (χ3v) is 10.3. The lowest BCUT2D eigenvalue weighted by molar-refractivity contribution is -0.133. The second-order valence-electron chi connectivity index (χ2n) is 9.86. The Kier molecular flexibility index (Phi) is 10.4. The lowest BCUT2D eigenvalue weighted by Gasteiger charge is -2.43. The molecule has 0 saturated carbocycles. The Morgan fingerprint density at radius 3 is 2.38 bits per heavy atom. The maximum absolute atomic E-state index is 13.8. The van der Waals surface area contributed by atoms with E-state index in [-0.39, 0.29) is 31.2 Å². The lowest BCUT2D eigenvalue weighted by Crippen LogP contribution is -2.62. The van der Waals surface area contributed by atoms with Gasteiger partial charge < -0.3 is 9.72 Å². The molecular weight excluding hydrogens is 516 g/mol. The molecule has 2 saturated heterocycles. The van der Waals surface area contributed by atoms with E-state index in [1.165, 1.54) is 9.87 Å². The van der Waals surface area contributed by atoms with Crippen molar-refractivity contribution in [1.82, 2.24) is 19.7 Å². The molecule has 2 aliphatic rings. The summed E-state index contributed by atoms with van der Waals surface area (Å²) in [6.45, 7) is 5.12. The van der Waals surface area contributed by atoms with E-state index in [9.17, 15) is 18.4 Å². The molecule has 9 nitrogen and oxygen atoms in total. The van der Waals surface area contributed by atoms with Crippen LogP contribution in [0.15, 0.2) is 42.6 Å². The first-order chi connectivity index (χ1) is 17.4. The average molecular weight is 555 g/mol. The molecule has 0 bridgehead atoms.